The lowest BCUT2D eigenvalue weighted by atomic mass is 10.7. The summed E-state index contributed by atoms with van der Waals surface area (Å²) in [4.78, 5) is 9.85. The van der Waals surface area contributed by atoms with E-state index in [-0.39, 0.29) is 5.95 Å². The van der Waals surface area contributed by atoms with Gasteiger partial charge < -0.3 is 14.4 Å². The molecule has 0 aromatic carbocycles. The van der Waals surface area contributed by atoms with Crippen LogP contribution in [0.15, 0.2) is 15.2 Å². The van der Waals surface area contributed by atoms with Gasteiger partial charge in [0.25, 0.3) is 0 Å². The van der Waals surface area contributed by atoms with Gasteiger partial charge in [0.15, 0.2) is 4.60 Å². The number of hydrogen-bond acceptors (Lipinski definition) is 4. The average Bonchev–Trinajstić information content (AvgIpc) is 2.13. The fraction of sp³-hybridized carbons (Fsp3) is 0. The van der Waals surface area contributed by atoms with Crippen LogP contribution in [0.5, 0.6) is 5.95 Å². The Morgan fingerprint density at radius 1 is 1.90 bits per heavy atom. The van der Waals surface area contributed by atoms with E-state index in [0.717, 1.165) is 0 Å². The molecule has 1 rings (SSSR count). The number of hydrogen-bond donors (Lipinski definition) is 1. The molecule has 6 heteroatoms. The van der Waals surface area contributed by atoms with Gasteiger partial charge in [0.1, 0.15) is 0 Å². The van der Waals surface area contributed by atoms with Crippen LogP contribution in [-0.2, 0) is 0 Å². The summed E-state index contributed by atoms with van der Waals surface area (Å²) < 4.78 is 8.86. The minimum Gasteiger partial charge on any atom is -0.449 e. The van der Waals surface area contributed by atoms with Crippen LogP contribution in [0, 0.1) is 0 Å². The van der Waals surface area contributed by atoms with Crippen LogP contribution in [0.1, 0.15) is 0 Å². The summed E-state index contributed by atoms with van der Waals surface area (Å²) >= 11 is 2.94. The molecule has 5 nitrogen and oxygen atoms in total. The van der Waals surface area contributed by atoms with E-state index >= 15 is 0 Å². The molecule has 0 bridgehead atoms. The van der Waals surface area contributed by atoms with Crippen molar-refractivity contribution < 1.29 is 19.2 Å². The predicted molar refractivity (Wildman–Crippen MR) is 32.9 cm³/mol. The second kappa shape index (κ2) is 2.70. The zero-order valence-electron chi connectivity index (χ0n) is 4.57. The molecule has 1 heterocycles. The molecular weight excluding hydrogens is 206 g/mol. The quantitative estimate of drug-likeness (QED) is 0.707. The Morgan fingerprint density at radius 2 is 2.60 bits per heavy atom. The monoisotopic (exact) mass is 207 g/mol. The Hall–Kier alpha value is -1.04. The van der Waals surface area contributed by atoms with Gasteiger partial charge in [-0.15, -0.1) is 0 Å². The first-order valence-corrected chi connectivity index (χ1v) is 3.01. The molecular formula is C4H2BrNO4. The normalized spacial score (nSPS) is 9.30. The van der Waals surface area contributed by atoms with Crippen molar-refractivity contribution in [3.05, 3.63) is 10.7 Å². The lowest BCUT2D eigenvalue weighted by Crippen LogP contribution is -2.01. The van der Waals surface area contributed by atoms with E-state index in [2.05, 4.69) is 30.3 Å². The van der Waals surface area contributed by atoms with Crippen LogP contribution in [0.2, 0.25) is 0 Å². The highest BCUT2D eigenvalue weighted by Crippen LogP contribution is 2.16. The number of aromatic nitrogens is 1. The molecule has 1 N–H and O–H groups in total. The van der Waals surface area contributed by atoms with Gasteiger partial charge >= 0.3 is 12.1 Å². The number of carbonyl (C=O) groups is 1. The highest BCUT2D eigenvalue weighted by molar-refractivity contribution is 9.10. The van der Waals surface area contributed by atoms with E-state index in [9.17, 15) is 4.79 Å². The van der Waals surface area contributed by atoms with Crippen molar-refractivity contribution in [1.29, 1.82) is 0 Å². The Balaban J connectivity index is 2.67. The first kappa shape index (κ1) is 7.07. The van der Waals surface area contributed by atoms with Gasteiger partial charge in [-0.05, 0) is 15.9 Å². The van der Waals surface area contributed by atoms with Crippen molar-refractivity contribution in [2.75, 3.05) is 0 Å². The number of nitrogens with zero attached hydrogens (tertiary/aromatic N) is 1. The molecule has 0 saturated carbocycles. The minimum absolute atomic E-state index is 0.153. The van der Waals surface area contributed by atoms with Crippen LogP contribution in [0.3, 0.4) is 0 Å². The van der Waals surface area contributed by atoms with Crippen molar-refractivity contribution in [2.24, 2.45) is 0 Å². The summed E-state index contributed by atoms with van der Waals surface area (Å²) in [6, 6.07) is 1.30. The lowest BCUT2D eigenvalue weighted by Gasteiger charge is -1.87. The van der Waals surface area contributed by atoms with Crippen LogP contribution in [0.4, 0.5) is 4.79 Å². The third-order valence-electron chi connectivity index (χ3n) is 0.648. The molecule has 0 aliphatic carbocycles. The van der Waals surface area contributed by atoms with Crippen LogP contribution in [0.25, 0.3) is 0 Å². The maximum Gasteiger partial charge on any atom is 0.513 e. The second-order valence-corrected chi connectivity index (χ2v) is 2.15. The summed E-state index contributed by atoms with van der Waals surface area (Å²) in [5.41, 5.74) is 0. The second-order valence-electron chi connectivity index (χ2n) is 1.34. The number of carboxylic acid groups (broad SMARTS) is 1. The molecule has 10 heavy (non-hydrogen) atoms. The molecule has 0 aliphatic rings. The van der Waals surface area contributed by atoms with E-state index in [1.165, 1.54) is 6.07 Å². The molecule has 0 spiro atoms. The smallest absolute Gasteiger partial charge is 0.449 e. The molecule has 0 atom stereocenters. The van der Waals surface area contributed by atoms with E-state index < -0.39 is 6.16 Å². The highest BCUT2D eigenvalue weighted by atomic mass is 79.9. The van der Waals surface area contributed by atoms with Crippen molar-refractivity contribution in [2.45, 2.75) is 0 Å². The zero-order valence-corrected chi connectivity index (χ0v) is 6.16. The van der Waals surface area contributed by atoms with Gasteiger partial charge in [0.2, 0.25) is 0 Å². The molecule has 0 unspecified atom stereocenters. The number of rotatable bonds is 1. The Kier molecular flexibility index (Phi) is 1.91. The van der Waals surface area contributed by atoms with Gasteiger partial charge in [0, 0.05) is 0 Å². The molecule has 1 aromatic heterocycles. The first-order valence-electron chi connectivity index (χ1n) is 2.21. The van der Waals surface area contributed by atoms with Crippen LogP contribution in [-0.4, -0.2) is 16.4 Å². The fourth-order valence-corrected chi connectivity index (χ4v) is 0.632. The molecule has 0 radical (unpaired) electrons. The van der Waals surface area contributed by atoms with Crippen molar-refractivity contribution >= 4 is 22.1 Å². The van der Waals surface area contributed by atoms with E-state index in [1.807, 2.05) is 0 Å². The van der Waals surface area contributed by atoms with Gasteiger partial charge in [-0.3, -0.25) is 0 Å². The van der Waals surface area contributed by atoms with E-state index in [0.29, 0.717) is 4.60 Å². The van der Waals surface area contributed by atoms with Crippen molar-refractivity contribution in [1.82, 2.24) is 5.16 Å². The molecule has 0 aliphatic heterocycles. The maximum atomic E-state index is 9.85. The fourth-order valence-electron chi connectivity index (χ4n) is 0.373. The Labute approximate surface area is 63.7 Å². The first-order chi connectivity index (χ1) is 4.68. The van der Waals surface area contributed by atoms with Gasteiger partial charge in [-0.1, -0.05) is 5.16 Å². The summed E-state index contributed by atoms with van der Waals surface area (Å²) in [5.74, 6) is -0.153. The third kappa shape index (κ3) is 1.73. The number of halogens is 1. The topological polar surface area (TPSA) is 72.6 Å². The highest BCUT2D eigenvalue weighted by Gasteiger charge is 2.05. The SMILES string of the molecule is O=C(O)Oc1cc(Br)no1. The van der Waals surface area contributed by atoms with Crippen molar-refractivity contribution in [3.63, 3.8) is 0 Å². The van der Waals surface area contributed by atoms with Gasteiger partial charge in [0.05, 0.1) is 6.07 Å². The molecule has 1 aromatic rings. The van der Waals surface area contributed by atoms with Gasteiger partial charge in [-0.2, -0.15) is 0 Å². The van der Waals surface area contributed by atoms with Gasteiger partial charge in [-0.25, -0.2) is 4.79 Å². The Bertz CT molecular complexity index is 245. The molecule has 0 saturated heterocycles. The maximum absolute atomic E-state index is 9.85. The standard InChI is InChI=1S/C4H2BrNO4/c5-2-1-3(10-6-2)9-4(7)8/h1H,(H,7,8). The van der Waals surface area contributed by atoms with Crippen LogP contribution < -0.4 is 4.74 Å². The number of ether oxygens (including phenoxy) is 1. The summed E-state index contributed by atoms with van der Waals surface area (Å²) in [6.07, 6.45) is -1.43. The molecule has 0 amide bonds. The van der Waals surface area contributed by atoms with E-state index in [1.54, 1.807) is 0 Å². The van der Waals surface area contributed by atoms with Crippen molar-refractivity contribution in [3.8, 4) is 5.95 Å². The van der Waals surface area contributed by atoms with Crippen LogP contribution >= 0.6 is 15.9 Å². The predicted octanol–water partition coefficient (Wildman–Crippen LogP) is 1.49. The molecule has 54 valence electrons. The summed E-state index contributed by atoms with van der Waals surface area (Å²) in [6.45, 7) is 0. The average molecular weight is 208 g/mol. The summed E-state index contributed by atoms with van der Waals surface area (Å²) in [5, 5.41) is 11.4. The molecule has 0 fully saturated rings. The zero-order chi connectivity index (χ0) is 7.56. The largest absolute Gasteiger partial charge is 0.513 e. The Morgan fingerprint density at radius 3 is 3.00 bits per heavy atom. The van der Waals surface area contributed by atoms with E-state index in [4.69, 9.17) is 5.11 Å². The lowest BCUT2D eigenvalue weighted by molar-refractivity contribution is 0.128. The minimum atomic E-state index is -1.43. The summed E-state index contributed by atoms with van der Waals surface area (Å²) in [7, 11) is 0. The third-order valence-corrected chi connectivity index (χ3v) is 1.02.